The van der Waals surface area contributed by atoms with Crippen molar-refractivity contribution in [2.45, 2.75) is 32.2 Å². The SMILES string of the molecule is CN(Cc1c(F)cccc1Cl)C(=O)C1CCC(C(=O)O)CC1. The predicted octanol–water partition coefficient (Wildman–Crippen LogP) is 3.33. The maximum atomic E-state index is 13.8. The zero-order valence-electron chi connectivity index (χ0n) is 12.4. The Morgan fingerprint density at radius 1 is 1.27 bits per heavy atom. The average Bonchev–Trinajstić information content (AvgIpc) is 2.50. The van der Waals surface area contributed by atoms with Crippen LogP contribution in [0.5, 0.6) is 0 Å². The largest absolute Gasteiger partial charge is 0.481 e. The molecule has 22 heavy (non-hydrogen) atoms. The summed E-state index contributed by atoms with van der Waals surface area (Å²) in [5, 5.41) is 9.28. The normalized spacial score (nSPS) is 21.4. The Balaban J connectivity index is 1.97. The van der Waals surface area contributed by atoms with Gasteiger partial charge in [0.1, 0.15) is 5.82 Å². The average molecular weight is 328 g/mol. The van der Waals surface area contributed by atoms with Gasteiger partial charge in [0.05, 0.1) is 5.92 Å². The minimum absolute atomic E-state index is 0.0804. The van der Waals surface area contributed by atoms with Crippen LogP contribution in [0.1, 0.15) is 31.2 Å². The van der Waals surface area contributed by atoms with E-state index in [9.17, 15) is 14.0 Å². The first-order valence-corrected chi connectivity index (χ1v) is 7.68. The Hall–Kier alpha value is -1.62. The summed E-state index contributed by atoms with van der Waals surface area (Å²) in [6.45, 7) is 0.114. The lowest BCUT2D eigenvalue weighted by Gasteiger charge is -2.29. The van der Waals surface area contributed by atoms with Crippen LogP contribution in [0.4, 0.5) is 4.39 Å². The van der Waals surface area contributed by atoms with Crippen LogP contribution < -0.4 is 0 Å². The topological polar surface area (TPSA) is 57.6 Å². The second-order valence-corrected chi connectivity index (χ2v) is 6.19. The van der Waals surface area contributed by atoms with Crippen LogP contribution in [0, 0.1) is 17.7 Å². The minimum atomic E-state index is -0.794. The summed E-state index contributed by atoms with van der Waals surface area (Å²) in [5.74, 6) is -1.84. The molecule has 0 radical (unpaired) electrons. The van der Waals surface area contributed by atoms with E-state index in [0.717, 1.165) is 0 Å². The Morgan fingerprint density at radius 3 is 2.41 bits per heavy atom. The van der Waals surface area contributed by atoms with E-state index < -0.39 is 11.8 Å². The Labute approximate surface area is 133 Å². The second-order valence-electron chi connectivity index (χ2n) is 5.78. The number of amides is 1. The Kier molecular flexibility index (Phi) is 5.40. The summed E-state index contributed by atoms with van der Waals surface area (Å²) in [4.78, 5) is 24.8. The summed E-state index contributed by atoms with van der Waals surface area (Å²) < 4.78 is 13.8. The number of halogens is 2. The number of carboxylic acid groups (broad SMARTS) is 1. The molecule has 120 valence electrons. The molecule has 6 heteroatoms. The van der Waals surface area contributed by atoms with Crippen LogP contribution in [-0.2, 0) is 16.1 Å². The van der Waals surface area contributed by atoms with E-state index in [1.807, 2.05) is 0 Å². The third-order valence-corrected chi connectivity index (χ3v) is 4.61. The lowest BCUT2D eigenvalue weighted by molar-refractivity contribution is -0.145. The van der Waals surface area contributed by atoms with E-state index in [1.165, 1.54) is 17.0 Å². The maximum Gasteiger partial charge on any atom is 0.306 e. The van der Waals surface area contributed by atoms with E-state index >= 15 is 0 Å². The molecule has 1 saturated carbocycles. The van der Waals surface area contributed by atoms with Crippen molar-refractivity contribution < 1.29 is 19.1 Å². The third kappa shape index (κ3) is 3.77. The fourth-order valence-corrected chi connectivity index (χ4v) is 3.12. The minimum Gasteiger partial charge on any atom is -0.481 e. The summed E-state index contributed by atoms with van der Waals surface area (Å²) in [6, 6.07) is 4.43. The van der Waals surface area contributed by atoms with E-state index in [4.69, 9.17) is 16.7 Å². The van der Waals surface area contributed by atoms with Gasteiger partial charge in [-0.15, -0.1) is 0 Å². The number of hydrogen-bond donors (Lipinski definition) is 1. The Morgan fingerprint density at radius 2 is 1.86 bits per heavy atom. The van der Waals surface area contributed by atoms with Crippen molar-refractivity contribution in [2.75, 3.05) is 7.05 Å². The fraction of sp³-hybridized carbons (Fsp3) is 0.500. The first-order chi connectivity index (χ1) is 10.4. The molecule has 0 aliphatic heterocycles. The number of benzene rings is 1. The number of carbonyl (C=O) groups excluding carboxylic acids is 1. The number of aliphatic carboxylic acids is 1. The van der Waals surface area contributed by atoms with Gasteiger partial charge in [0.2, 0.25) is 5.91 Å². The molecule has 4 nitrogen and oxygen atoms in total. The molecule has 0 atom stereocenters. The van der Waals surface area contributed by atoms with E-state index in [-0.39, 0.29) is 24.3 Å². The molecule has 0 saturated heterocycles. The number of carboxylic acids is 1. The summed E-state index contributed by atoms with van der Waals surface area (Å²) in [6.07, 6.45) is 2.15. The quantitative estimate of drug-likeness (QED) is 0.922. The molecule has 1 aliphatic rings. The van der Waals surface area contributed by atoms with Crippen LogP contribution in [0.25, 0.3) is 0 Å². The predicted molar refractivity (Wildman–Crippen MR) is 81.0 cm³/mol. The number of nitrogens with zero attached hydrogens (tertiary/aromatic N) is 1. The Bertz CT molecular complexity index is 550. The van der Waals surface area contributed by atoms with Gasteiger partial charge in [0.15, 0.2) is 0 Å². The van der Waals surface area contributed by atoms with Crippen molar-refractivity contribution in [3.63, 3.8) is 0 Å². The van der Waals surface area contributed by atoms with Gasteiger partial charge in [-0.3, -0.25) is 9.59 Å². The molecule has 0 bridgehead atoms. The smallest absolute Gasteiger partial charge is 0.306 e. The van der Waals surface area contributed by atoms with Crippen molar-refractivity contribution in [2.24, 2.45) is 11.8 Å². The molecule has 0 aromatic heterocycles. The first-order valence-electron chi connectivity index (χ1n) is 7.30. The van der Waals surface area contributed by atoms with Crippen LogP contribution >= 0.6 is 11.6 Å². The highest BCUT2D eigenvalue weighted by Crippen LogP contribution is 2.30. The van der Waals surface area contributed by atoms with Gasteiger partial charge in [0, 0.05) is 30.1 Å². The van der Waals surface area contributed by atoms with Gasteiger partial charge in [-0.05, 0) is 37.8 Å². The zero-order valence-corrected chi connectivity index (χ0v) is 13.1. The van der Waals surface area contributed by atoms with Crippen molar-refractivity contribution in [1.82, 2.24) is 4.90 Å². The molecule has 1 aromatic rings. The molecule has 1 aromatic carbocycles. The van der Waals surface area contributed by atoms with Crippen LogP contribution in [0.15, 0.2) is 18.2 Å². The first kappa shape index (κ1) is 16.7. The maximum absolute atomic E-state index is 13.8. The molecule has 0 spiro atoms. The third-order valence-electron chi connectivity index (χ3n) is 4.26. The molecule has 1 fully saturated rings. The standard InChI is InChI=1S/C16H19ClFNO3/c1-19(9-12-13(17)3-2-4-14(12)18)15(20)10-5-7-11(8-6-10)16(21)22/h2-4,10-11H,5-9H2,1H3,(H,21,22). The molecule has 0 unspecified atom stereocenters. The van der Waals surface area contributed by atoms with Crippen LogP contribution in [0.2, 0.25) is 5.02 Å². The van der Waals surface area contributed by atoms with Crippen molar-refractivity contribution >= 4 is 23.5 Å². The lowest BCUT2D eigenvalue weighted by atomic mass is 9.81. The fourth-order valence-electron chi connectivity index (χ4n) is 2.90. The molecule has 1 aliphatic carbocycles. The van der Waals surface area contributed by atoms with Crippen LogP contribution in [-0.4, -0.2) is 28.9 Å². The van der Waals surface area contributed by atoms with E-state index in [2.05, 4.69) is 0 Å². The molecule has 1 N–H and O–H groups in total. The van der Waals surface area contributed by atoms with Gasteiger partial charge >= 0.3 is 5.97 Å². The van der Waals surface area contributed by atoms with Gasteiger partial charge in [-0.25, -0.2) is 4.39 Å². The van der Waals surface area contributed by atoms with E-state index in [0.29, 0.717) is 36.3 Å². The molecule has 2 rings (SSSR count). The van der Waals surface area contributed by atoms with Crippen LogP contribution in [0.3, 0.4) is 0 Å². The van der Waals surface area contributed by atoms with Crippen molar-refractivity contribution in [3.05, 3.63) is 34.6 Å². The molecular formula is C16H19ClFNO3. The molecule has 1 amide bonds. The summed E-state index contributed by atoms with van der Waals surface area (Å²) >= 11 is 5.97. The monoisotopic (exact) mass is 327 g/mol. The van der Waals surface area contributed by atoms with Gasteiger partial charge in [0.25, 0.3) is 0 Å². The molecular weight excluding hydrogens is 309 g/mol. The number of hydrogen-bond acceptors (Lipinski definition) is 2. The summed E-state index contributed by atoms with van der Waals surface area (Å²) in [7, 11) is 1.62. The van der Waals surface area contributed by atoms with Gasteiger partial charge in [-0.2, -0.15) is 0 Å². The van der Waals surface area contributed by atoms with Crippen molar-refractivity contribution in [3.8, 4) is 0 Å². The highest BCUT2D eigenvalue weighted by Gasteiger charge is 2.31. The zero-order chi connectivity index (χ0) is 16.3. The van der Waals surface area contributed by atoms with Crippen molar-refractivity contribution in [1.29, 1.82) is 0 Å². The number of rotatable bonds is 4. The lowest BCUT2D eigenvalue weighted by Crippen LogP contribution is -2.35. The molecule has 0 heterocycles. The number of carbonyl (C=O) groups is 2. The second kappa shape index (κ2) is 7.09. The summed E-state index contributed by atoms with van der Waals surface area (Å²) in [5.41, 5.74) is 0.305. The highest BCUT2D eigenvalue weighted by molar-refractivity contribution is 6.31. The van der Waals surface area contributed by atoms with Gasteiger partial charge < -0.3 is 10.0 Å². The highest BCUT2D eigenvalue weighted by atomic mass is 35.5. The van der Waals surface area contributed by atoms with E-state index in [1.54, 1.807) is 13.1 Å². The van der Waals surface area contributed by atoms with Gasteiger partial charge in [-0.1, -0.05) is 17.7 Å².